The van der Waals surface area contributed by atoms with Crippen LogP contribution in [0.2, 0.25) is 0 Å². The Morgan fingerprint density at radius 3 is 1.45 bits per heavy atom. The summed E-state index contributed by atoms with van der Waals surface area (Å²) in [4.78, 5) is 15.1. The molecular weight excluding hydrogens is 549 g/mol. The molecule has 3 aromatic rings. The molecule has 0 radical (unpaired) electrons. The van der Waals surface area contributed by atoms with Gasteiger partial charge in [0.25, 0.3) is 0 Å². The molecule has 212 valence electrons. The van der Waals surface area contributed by atoms with E-state index in [1.807, 2.05) is 0 Å². The Morgan fingerprint density at radius 1 is 0.571 bits per heavy atom. The highest BCUT2D eigenvalue weighted by Crippen LogP contribution is 2.42. The van der Waals surface area contributed by atoms with Crippen LogP contribution in [0.3, 0.4) is 0 Å². The quantitative estimate of drug-likeness (QED) is 0.196. The van der Waals surface area contributed by atoms with Gasteiger partial charge in [0.1, 0.15) is 0 Å². The van der Waals surface area contributed by atoms with Crippen molar-refractivity contribution in [3.05, 3.63) is 70.4 Å². The lowest BCUT2D eigenvalue weighted by molar-refractivity contribution is 0.342. The summed E-state index contributed by atoms with van der Waals surface area (Å²) in [6.07, 6.45) is 18.1. The zero-order chi connectivity index (χ0) is 28.1. The molecule has 0 atom stereocenters. The number of fused-ring (bicyclic) bond motifs is 4. The van der Waals surface area contributed by atoms with Crippen molar-refractivity contribution < 1.29 is 0 Å². The summed E-state index contributed by atoms with van der Waals surface area (Å²) < 4.78 is 0. The van der Waals surface area contributed by atoms with Crippen molar-refractivity contribution in [2.45, 2.75) is 109 Å². The predicted octanol–water partition coefficient (Wildman–Crippen LogP) is 9.94. The average Bonchev–Trinajstić information content (AvgIpc) is 3.05. The second kappa shape index (κ2) is 13.2. The summed E-state index contributed by atoms with van der Waals surface area (Å²) in [5.74, 6) is 16.2. The number of benzene rings is 3. The van der Waals surface area contributed by atoms with Gasteiger partial charge in [0.2, 0.25) is 0 Å². The smallest absolute Gasteiger partial charge is 0.0958 e. The minimum Gasteiger partial charge on any atom is -0.245 e. The van der Waals surface area contributed by atoms with Gasteiger partial charge in [-0.15, -0.1) is 0 Å². The lowest BCUT2D eigenvalue weighted by atomic mass is 9.86. The van der Waals surface area contributed by atoms with E-state index in [0.717, 1.165) is 67.7 Å². The SMILES string of the molecule is C(#Cc1c2c(c(C#CCCC3CCCCC3)c3c1=Nc1ccccc1S3)=Nc1ccccc1S2)CCC1CCCCC1. The van der Waals surface area contributed by atoms with Gasteiger partial charge in [0.15, 0.2) is 0 Å². The first-order valence-electron chi connectivity index (χ1n) is 16.0. The second-order valence-electron chi connectivity index (χ2n) is 12.2. The van der Waals surface area contributed by atoms with Crippen molar-refractivity contribution in [1.29, 1.82) is 0 Å². The van der Waals surface area contributed by atoms with E-state index < -0.39 is 0 Å². The molecule has 2 heterocycles. The van der Waals surface area contributed by atoms with Crippen molar-refractivity contribution in [3.8, 4) is 23.7 Å². The van der Waals surface area contributed by atoms with Gasteiger partial charge in [0, 0.05) is 22.6 Å². The molecule has 0 aromatic heterocycles. The van der Waals surface area contributed by atoms with Crippen molar-refractivity contribution in [2.75, 3.05) is 0 Å². The summed E-state index contributed by atoms with van der Waals surface area (Å²) in [6.45, 7) is 0. The molecule has 0 saturated heterocycles. The summed E-state index contributed by atoms with van der Waals surface area (Å²) in [7, 11) is 0. The van der Waals surface area contributed by atoms with Crippen molar-refractivity contribution in [3.63, 3.8) is 0 Å². The average molecular weight is 587 g/mol. The lowest BCUT2D eigenvalue weighted by Gasteiger charge is -2.21. The summed E-state index contributed by atoms with van der Waals surface area (Å²) in [6, 6.07) is 16.9. The van der Waals surface area contributed by atoms with Gasteiger partial charge in [-0.25, -0.2) is 9.98 Å². The van der Waals surface area contributed by atoms with Crippen LogP contribution in [0.15, 0.2) is 78.1 Å². The molecule has 2 aliphatic carbocycles. The third-order valence-electron chi connectivity index (χ3n) is 9.21. The Balaban J connectivity index is 1.33. The first-order valence-corrected chi connectivity index (χ1v) is 17.7. The number of hydrogen-bond acceptors (Lipinski definition) is 4. The summed E-state index contributed by atoms with van der Waals surface area (Å²) in [5, 5.41) is 1.97. The third kappa shape index (κ3) is 6.08. The molecule has 0 bridgehead atoms. The van der Waals surface area contributed by atoms with E-state index in [9.17, 15) is 0 Å². The maximum atomic E-state index is 5.26. The van der Waals surface area contributed by atoms with Gasteiger partial charge >= 0.3 is 0 Å². The molecule has 2 fully saturated rings. The van der Waals surface area contributed by atoms with E-state index in [4.69, 9.17) is 9.98 Å². The maximum Gasteiger partial charge on any atom is 0.0958 e. The van der Waals surface area contributed by atoms with E-state index in [-0.39, 0.29) is 0 Å². The van der Waals surface area contributed by atoms with E-state index in [0.29, 0.717) is 0 Å². The highest BCUT2D eigenvalue weighted by Gasteiger charge is 2.25. The fourth-order valence-corrected chi connectivity index (χ4v) is 9.02. The first kappa shape index (κ1) is 27.9. The molecular formula is C38H38N2S2. The van der Waals surface area contributed by atoms with Gasteiger partial charge in [-0.1, -0.05) is 136 Å². The molecule has 0 N–H and O–H groups in total. The molecule has 0 spiro atoms. The number of nitrogens with zero attached hydrogens (tertiary/aromatic N) is 2. The van der Waals surface area contributed by atoms with Crippen molar-refractivity contribution >= 4 is 34.9 Å². The van der Waals surface area contributed by atoms with Crippen LogP contribution in [0.5, 0.6) is 0 Å². The van der Waals surface area contributed by atoms with Gasteiger partial charge in [-0.05, 0) is 48.9 Å². The van der Waals surface area contributed by atoms with E-state index in [2.05, 4.69) is 72.2 Å². The third-order valence-corrected chi connectivity index (χ3v) is 11.5. The Labute approximate surface area is 259 Å². The number of rotatable bonds is 4. The summed E-state index contributed by atoms with van der Waals surface area (Å²) in [5.41, 5.74) is 4.10. The maximum absolute atomic E-state index is 5.26. The van der Waals surface area contributed by atoms with Crippen LogP contribution in [0.1, 0.15) is 101 Å². The summed E-state index contributed by atoms with van der Waals surface area (Å²) >= 11 is 3.58. The van der Waals surface area contributed by atoms with Crippen LogP contribution in [0.4, 0.5) is 11.4 Å². The fourth-order valence-electron chi connectivity index (χ4n) is 6.86. The molecule has 2 saturated carbocycles. The van der Waals surface area contributed by atoms with E-state index in [1.165, 1.54) is 86.8 Å². The highest BCUT2D eigenvalue weighted by atomic mass is 32.2. The minimum absolute atomic E-state index is 0.838. The molecule has 2 nitrogen and oxygen atoms in total. The second-order valence-corrected chi connectivity index (χ2v) is 14.3. The molecule has 4 aliphatic rings. The fraction of sp³-hybridized carbons (Fsp3) is 0.421. The Hall–Kier alpha value is -2.92. The van der Waals surface area contributed by atoms with Crippen LogP contribution in [-0.2, 0) is 0 Å². The lowest BCUT2D eigenvalue weighted by Crippen LogP contribution is -2.26. The van der Waals surface area contributed by atoms with E-state index >= 15 is 0 Å². The van der Waals surface area contributed by atoms with Gasteiger partial charge in [-0.2, -0.15) is 0 Å². The normalized spacial score (nSPS) is 17.5. The predicted molar refractivity (Wildman–Crippen MR) is 175 cm³/mol. The number of hydrogen-bond donors (Lipinski definition) is 0. The molecule has 2 aliphatic heterocycles. The molecule has 7 rings (SSSR count). The van der Waals surface area contributed by atoms with Crippen LogP contribution in [0.25, 0.3) is 0 Å². The highest BCUT2D eigenvalue weighted by molar-refractivity contribution is 8.00. The van der Waals surface area contributed by atoms with Crippen molar-refractivity contribution in [1.82, 2.24) is 0 Å². The Bertz CT molecular complexity index is 1590. The Morgan fingerprint density at radius 2 is 1.00 bits per heavy atom. The van der Waals surface area contributed by atoms with Gasteiger partial charge in [-0.3, -0.25) is 0 Å². The van der Waals surface area contributed by atoms with Gasteiger partial charge < -0.3 is 0 Å². The van der Waals surface area contributed by atoms with Crippen LogP contribution in [0, 0.1) is 35.5 Å². The van der Waals surface area contributed by atoms with Crippen LogP contribution >= 0.6 is 23.5 Å². The molecule has 42 heavy (non-hydrogen) atoms. The monoisotopic (exact) mass is 586 g/mol. The number of para-hydroxylation sites is 2. The topological polar surface area (TPSA) is 24.7 Å². The largest absolute Gasteiger partial charge is 0.245 e. The van der Waals surface area contributed by atoms with E-state index in [1.54, 1.807) is 23.5 Å². The van der Waals surface area contributed by atoms with Gasteiger partial charge in [0.05, 0.1) is 43.0 Å². The molecule has 3 aromatic carbocycles. The Kier molecular flexibility index (Phi) is 8.74. The van der Waals surface area contributed by atoms with Crippen LogP contribution in [-0.4, -0.2) is 0 Å². The zero-order valence-electron chi connectivity index (χ0n) is 24.4. The van der Waals surface area contributed by atoms with Crippen LogP contribution < -0.4 is 10.7 Å². The first-order chi connectivity index (χ1) is 20.8. The standard InChI is InChI=1S/C38H38N2S2/c1-3-15-27(16-4-1)19-7-9-21-29-35-38(42-34-26-14-11-23-31(34)39-35)30(22-10-8-20-28-17-5-2-6-18-28)36-37(29)41-33-25-13-12-24-32(33)40-36/h11-14,23-28H,1-8,15-20H2. The minimum atomic E-state index is 0.838. The molecule has 4 heteroatoms. The molecule has 0 unspecified atom stereocenters. The molecule has 0 amide bonds. The zero-order valence-corrected chi connectivity index (χ0v) is 26.0. The van der Waals surface area contributed by atoms with Crippen molar-refractivity contribution in [2.24, 2.45) is 21.8 Å².